The third kappa shape index (κ3) is 1.51. The van der Waals surface area contributed by atoms with Crippen molar-refractivity contribution in [2.24, 2.45) is 0 Å². The van der Waals surface area contributed by atoms with E-state index in [9.17, 15) is 14.0 Å². The second-order valence-corrected chi connectivity index (χ2v) is 4.10. The van der Waals surface area contributed by atoms with Gasteiger partial charge in [-0.15, -0.1) is 0 Å². The van der Waals surface area contributed by atoms with Crippen molar-refractivity contribution >= 4 is 22.7 Å². The summed E-state index contributed by atoms with van der Waals surface area (Å²) in [7, 11) is 0. The molecule has 0 saturated carbocycles. The molecule has 2 aromatic rings. The van der Waals surface area contributed by atoms with Crippen LogP contribution in [-0.4, -0.2) is 16.8 Å². The summed E-state index contributed by atoms with van der Waals surface area (Å²) in [5, 5.41) is 3.04. The van der Waals surface area contributed by atoms with Crippen LogP contribution in [0.2, 0.25) is 0 Å². The molecule has 0 bridgehead atoms. The second-order valence-electron chi connectivity index (χ2n) is 4.10. The molecule has 2 heterocycles. The molecule has 3 rings (SSSR count). The van der Waals surface area contributed by atoms with Crippen LogP contribution >= 0.6 is 0 Å². The number of aromatic amines is 1. The van der Waals surface area contributed by atoms with E-state index in [0.717, 1.165) is 10.9 Å². The van der Waals surface area contributed by atoms with Crippen LogP contribution in [0.4, 0.5) is 4.39 Å². The van der Waals surface area contributed by atoms with Crippen LogP contribution in [-0.2, 0) is 9.59 Å². The first-order chi connectivity index (χ1) is 8.15. The van der Waals surface area contributed by atoms with Gasteiger partial charge in [-0.25, -0.2) is 4.39 Å². The zero-order valence-electron chi connectivity index (χ0n) is 8.79. The maximum atomic E-state index is 13.0. The van der Waals surface area contributed by atoms with Gasteiger partial charge in [0.05, 0.1) is 5.92 Å². The Morgan fingerprint density at radius 3 is 2.82 bits per heavy atom. The Morgan fingerprint density at radius 2 is 2.12 bits per heavy atom. The Labute approximate surface area is 95.8 Å². The minimum atomic E-state index is -0.471. The van der Waals surface area contributed by atoms with E-state index < -0.39 is 5.92 Å². The van der Waals surface area contributed by atoms with E-state index in [0.29, 0.717) is 5.52 Å². The molecule has 5 heteroatoms. The fraction of sp³-hybridized carbons (Fsp3) is 0.167. The fourth-order valence-electron chi connectivity index (χ4n) is 2.21. The van der Waals surface area contributed by atoms with E-state index in [-0.39, 0.29) is 24.1 Å². The molecule has 1 aliphatic heterocycles. The molecule has 17 heavy (non-hydrogen) atoms. The van der Waals surface area contributed by atoms with Crippen molar-refractivity contribution in [3.63, 3.8) is 0 Å². The number of hydrogen-bond acceptors (Lipinski definition) is 2. The lowest BCUT2D eigenvalue weighted by molar-refractivity contribution is -0.125. The summed E-state index contributed by atoms with van der Waals surface area (Å²) >= 11 is 0. The summed E-state index contributed by atoms with van der Waals surface area (Å²) in [6.07, 6.45) is 1.82. The Bertz CT molecular complexity index is 632. The maximum absolute atomic E-state index is 13.0. The highest BCUT2D eigenvalue weighted by Gasteiger charge is 2.33. The highest BCUT2D eigenvalue weighted by Crippen LogP contribution is 2.30. The van der Waals surface area contributed by atoms with Gasteiger partial charge in [0.2, 0.25) is 11.8 Å². The van der Waals surface area contributed by atoms with E-state index in [1.807, 2.05) is 0 Å². The van der Waals surface area contributed by atoms with Crippen molar-refractivity contribution < 1.29 is 14.0 Å². The molecule has 1 aromatic heterocycles. The Kier molecular flexibility index (Phi) is 2.01. The SMILES string of the molecule is O=C1C[C@H](c2c[nH]c3cc(F)ccc23)C(=O)N1. The number of carbonyl (C=O) groups is 2. The van der Waals surface area contributed by atoms with Gasteiger partial charge < -0.3 is 4.98 Å². The second kappa shape index (κ2) is 3.41. The first-order valence-corrected chi connectivity index (χ1v) is 5.25. The first-order valence-electron chi connectivity index (χ1n) is 5.25. The van der Waals surface area contributed by atoms with E-state index in [1.165, 1.54) is 12.1 Å². The van der Waals surface area contributed by atoms with Crippen LogP contribution in [0.1, 0.15) is 17.9 Å². The number of nitrogens with one attached hydrogen (secondary N) is 2. The van der Waals surface area contributed by atoms with Gasteiger partial charge in [-0.05, 0) is 23.8 Å². The van der Waals surface area contributed by atoms with Crippen molar-refractivity contribution in [1.82, 2.24) is 10.3 Å². The normalized spacial score (nSPS) is 19.9. The molecule has 2 amide bonds. The Balaban J connectivity index is 2.12. The van der Waals surface area contributed by atoms with Gasteiger partial charge >= 0.3 is 0 Å². The van der Waals surface area contributed by atoms with E-state index >= 15 is 0 Å². The molecule has 1 aromatic carbocycles. The van der Waals surface area contributed by atoms with Gasteiger partial charge in [-0.1, -0.05) is 0 Å². The van der Waals surface area contributed by atoms with Crippen molar-refractivity contribution in [2.45, 2.75) is 12.3 Å². The van der Waals surface area contributed by atoms with E-state index in [2.05, 4.69) is 10.3 Å². The minimum absolute atomic E-state index is 0.156. The third-order valence-electron chi connectivity index (χ3n) is 3.02. The zero-order valence-corrected chi connectivity index (χ0v) is 8.79. The van der Waals surface area contributed by atoms with E-state index in [4.69, 9.17) is 0 Å². The summed E-state index contributed by atoms with van der Waals surface area (Å²) in [6.45, 7) is 0. The predicted molar refractivity (Wildman–Crippen MR) is 58.8 cm³/mol. The minimum Gasteiger partial charge on any atom is -0.361 e. The number of amides is 2. The highest BCUT2D eigenvalue weighted by molar-refractivity contribution is 6.07. The van der Waals surface area contributed by atoms with Crippen molar-refractivity contribution in [1.29, 1.82) is 0 Å². The first kappa shape index (κ1) is 10.0. The molecule has 1 aliphatic rings. The molecule has 1 atom stereocenters. The summed E-state index contributed by atoms with van der Waals surface area (Å²) in [5.74, 6) is -1.36. The lowest BCUT2D eigenvalue weighted by Crippen LogP contribution is -2.21. The van der Waals surface area contributed by atoms with E-state index in [1.54, 1.807) is 12.3 Å². The number of halogens is 1. The smallest absolute Gasteiger partial charge is 0.234 e. The quantitative estimate of drug-likeness (QED) is 0.731. The number of carbonyl (C=O) groups excluding carboxylic acids is 2. The van der Waals surface area contributed by atoms with Gasteiger partial charge in [0.15, 0.2) is 0 Å². The predicted octanol–water partition coefficient (Wildman–Crippen LogP) is 1.44. The zero-order chi connectivity index (χ0) is 12.0. The van der Waals surface area contributed by atoms with Crippen LogP contribution in [0.3, 0.4) is 0 Å². The van der Waals surface area contributed by atoms with Crippen LogP contribution < -0.4 is 5.32 Å². The standard InChI is InChI=1S/C12H9FN2O2/c13-6-1-2-7-9(5-14-10(7)3-6)8-4-11(16)15-12(8)17/h1-3,5,8,14H,4H2,(H,15,16,17)/t8-/m1/s1. The van der Waals surface area contributed by atoms with Gasteiger partial charge in [-0.3, -0.25) is 14.9 Å². The molecule has 0 aliphatic carbocycles. The van der Waals surface area contributed by atoms with Crippen LogP contribution in [0, 0.1) is 5.82 Å². The largest absolute Gasteiger partial charge is 0.361 e. The number of benzene rings is 1. The average Bonchev–Trinajstić information content (AvgIpc) is 2.81. The third-order valence-corrected chi connectivity index (χ3v) is 3.02. The number of hydrogen-bond donors (Lipinski definition) is 2. The van der Waals surface area contributed by atoms with Crippen LogP contribution in [0.5, 0.6) is 0 Å². The molecule has 4 nitrogen and oxygen atoms in total. The molecule has 0 spiro atoms. The summed E-state index contributed by atoms with van der Waals surface area (Å²) in [6, 6.07) is 4.33. The van der Waals surface area contributed by atoms with Crippen LogP contribution in [0.15, 0.2) is 24.4 Å². The average molecular weight is 232 g/mol. The van der Waals surface area contributed by atoms with Gasteiger partial charge in [0, 0.05) is 23.5 Å². The number of fused-ring (bicyclic) bond motifs is 1. The molecule has 1 saturated heterocycles. The molecule has 0 unspecified atom stereocenters. The number of imide groups is 1. The molecule has 2 N–H and O–H groups in total. The molecule has 0 radical (unpaired) electrons. The Morgan fingerprint density at radius 1 is 1.29 bits per heavy atom. The highest BCUT2D eigenvalue weighted by atomic mass is 19.1. The number of H-pyrrole nitrogens is 1. The summed E-state index contributed by atoms with van der Waals surface area (Å²) < 4.78 is 13.0. The monoisotopic (exact) mass is 232 g/mol. The fourth-order valence-corrected chi connectivity index (χ4v) is 2.21. The van der Waals surface area contributed by atoms with Gasteiger partial charge in [0.1, 0.15) is 5.82 Å². The molecular formula is C12H9FN2O2. The Hall–Kier alpha value is -2.17. The molecular weight excluding hydrogens is 223 g/mol. The topological polar surface area (TPSA) is 62.0 Å². The van der Waals surface area contributed by atoms with Crippen LogP contribution in [0.25, 0.3) is 10.9 Å². The maximum Gasteiger partial charge on any atom is 0.234 e. The van der Waals surface area contributed by atoms with Crippen molar-refractivity contribution in [3.05, 3.63) is 35.8 Å². The summed E-state index contributed by atoms with van der Waals surface area (Å²) in [5.41, 5.74) is 1.37. The van der Waals surface area contributed by atoms with Gasteiger partial charge in [0.25, 0.3) is 0 Å². The lowest BCUT2D eigenvalue weighted by atomic mass is 9.97. The summed E-state index contributed by atoms with van der Waals surface area (Å²) in [4.78, 5) is 25.6. The van der Waals surface area contributed by atoms with Crippen molar-refractivity contribution in [2.75, 3.05) is 0 Å². The molecule has 1 fully saturated rings. The number of aromatic nitrogens is 1. The lowest BCUT2D eigenvalue weighted by Gasteiger charge is -2.03. The van der Waals surface area contributed by atoms with Gasteiger partial charge in [-0.2, -0.15) is 0 Å². The van der Waals surface area contributed by atoms with Crippen molar-refractivity contribution in [3.8, 4) is 0 Å². The molecule has 86 valence electrons. The number of rotatable bonds is 1.